The van der Waals surface area contributed by atoms with Crippen LogP contribution in [0.25, 0.3) is 0 Å². The van der Waals surface area contributed by atoms with Gasteiger partial charge in [-0.1, -0.05) is 0 Å². The van der Waals surface area contributed by atoms with Crippen LogP contribution in [0.1, 0.15) is 25.3 Å². The summed E-state index contributed by atoms with van der Waals surface area (Å²) < 4.78 is 6.32. The third-order valence-corrected chi connectivity index (χ3v) is 3.66. The SMILES string of the molecule is Cc1cc(N)c(NC(=O)C2CCC(C)O2)c(Br)c1. The van der Waals surface area contributed by atoms with E-state index >= 15 is 0 Å². The molecule has 3 N–H and O–H groups in total. The van der Waals surface area contributed by atoms with Gasteiger partial charge in [-0.3, -0.25) is 4.79 Å². The van der Waals surface area contributed by atoms with Gasteiger partial charge in [-0.2, -0.15) is 0 Å². The lowest BCUT2D eigenvalue weighted by Gasteiger charge is -2.15. The number of nitrogens with two attached hydrogens (primary N) is 1. The normalized spacial score (nSPS) is 23.1. The van der Waals surface area contributed by atoms with Gasteiger partial charge in [0.25, 0.3) is 5.91 Å². The van der Waals surface area contributed by atoms with Crippen LogP contribution in [0, 0.1) is 6.92 Å². The number of carbonyl (C=O) groups excluding carboxylic acids is 1. The number of benzene rings is 1. The largest absolute Gasteiger partial charge is 0.397 e. The lowest BCUT2D eigenvalue weighted by molar-refractivity contribution is -0.126. The van der Waals surface area contributed by atoms with Crippen LogP contribution in [0.3, 0.4) is 0 Å². The Morgan fingerprint density at radius 2 is 2.22 bits per heavy atom. The minimum Gasteiger partial charge on any atom is -0.397 e. The van der Waals surface area contributed by atoms with Crippen molar-refractivity contribution in [3.8, 4) is 0 Å². The van der Waals surface area contributed by atoms with Crippen molar-refractivity contribution >= 4 is 33.2 Å². The number of ether oxygens (including phenoxy) is 1. The lowest BCUT2D eigenvalue weighted by Crippen LogP contribution is -2.28. The van der Waals surface area contributed by atoms with Gasteiger partial charge in [-0.15, -0.1) is 0 Å². The molecule has 18 heavy (non-hydrogen) atoms. The molecule has 1 fully saturated rings. The molecule has 2 atom stereocenters. The van der Waals surface area contributed by atoms with Crippen LogP contribution >= 0.6 is 15.9 Å². The van der Waals surface area contributed by atoms with Crippen molar-refractivity contribution in [3.05, 3.63) is 22.2 Å². The molecule has 0 aliphatic carbocycles. The molecule has 4 nitrogen and oxygen atoms in total. The van der Waals surface area contributed by atoms with Crippen LogP contribution in [-0.2, 0) is 9.53 Å². The van der Waals surface area contributed by atoms with E-state index in [9.17, 15) is 4.79 Å². The Bertz CT molecular complexity index is 453. The number of aryl methyl sites for hydroxylation is 1. The summed E-state index contributed by atoms with van der Waals surface area (Å²) >= 11 is 3.41. The highest BCUT2D eigenvalue weighted by Gasteiger charge is 2.28. The molecule has 1 amide bonds. The van der Waals surface area contributed by atoms with Crippen molar-refractivity contribution < 1.29 is 9.53 Å². The summed E-state index contributed by atoms with van der Waals surface area (Å²) in [5, 5.41) is 2.83. The van der Waals surface area contributed by atoms with Crippen molar-refractivity contribution in [1.29, 1.82) is 0 Å². The van der Waals surface area contributed by atoms with Gasteiger partial charge >= 0.3 is 0 Å². The number of hydrogen-bond acceptors (Lipinski definition) is 3. The maximum absolute atomic E-state index is 12.0. The zero-order valence-corrected chi connectivity index (χ0v) is 12.1. The number of nitrogen functional groups attached to an aromatic ring is 1. The molecule has 0 bridgehead atoms. The Labute approximate surface area is 115 Å². The van der Waals surface area contributed by atoms with Crippen molar-refractivity contribution in [2.24, 2.45) is 0 Å². The number of carbonyl (C=O) groups is 1. The number of nitrogens with one attached hydrogen (secondary N) is 1. The fraction of sp³-hybridized carbons (Fsp3) is 0.462. The second-order valence-corrected chi connectivity index (χ2v) is 5.57. The van der Waals surface area contributed by atoms with Gasteiger partial charge < -0.3 is 15.8 Å². The molecule has 1 heterocycles. The standard InChI is InChI=1S/C13H17BrN2O2/c1-7-5-9(14)12(10(15)6-7)16-13(17)11-4-3-8(2)18-11/h5-6,8,11H,3-4,15H2,1-2H3,(H,16,17). The van der Waals surface area contributed by atoms with E-state index in [1.54, 1.807) is 0 Å². The highest BCUT2D eigenvalue weighted by atomic mass is 79.9. The van der Waals surface area contributed by atoms with Crippen molar-refractivity contribution in [2.45, 2.75) is 38.9 Å². The van der Waals surface area contributed by atoms with Crippen LogP contribution in [0.5, 0.6) is 0 Å². The molecule has 0 radical (unpaired) electrons. The minimum atomic E-state index is -0.368. The number of anilines is 2. The lowest BCUT2D eigenvalue weighted by atomic mass is 10.1. The van der Waals surface area contributed by atoms with Crippen molar-refractivity contribution in [1.82, 2.24) is 0 Å². The summed E-state index contributed by atoms with van der Waals surface area (Å²) in [5.41, 5.74) is 8.13. The van der Waals surface area contributed by atoms with Crippen LogP contribution in [-0.4, -0.2) is 18.1 Å². The Hall–Kier alpha value is -1.07. The summed E-state index contributed by atoms with van der Waals surface area (Å²) in [6.07, 6.45) is 1.46. The molecular weight excluding hydrogens is 296 g/mol. The predicted octanol–water partition coefficient (Wildman–Crippen LogP) is 2.85. The first-order valence-corrected chi connectivity index (χ1v) is 6.78. The smallest absolute Gasteiger partial charge is 0.253 e. The van der Waals surface area contributed by atoms with E-state index in [0.29, 0.717) is 11.4 Å². The predicted molar refractivity (Wildman–Crippen MR) is 75.5 cm³/mol. The fourth-order valence-electron chi connectivity index (χ4n) is 2.10. The molecular formula is C13H17BrN2O2. The van der Waals surface area contributed by atoms with E-state index < -0.39 is 0 Å². The number of hydrogen-bond donors (Lipinski definition) is 2. The highest BCUT2D eigenvalue weighted by Crippen LogP contribution is 2.31. The molecule has 1 aliphatic heterocycles. The maximum atomic E-state index is 12.0. The van der Waals surface area contributed by atoms with Crippen LogP contribution in [0.2, 0.25) is 0 Å². The first-order chi connectivity index (χ1) is 8.47. The minimum absolute atomic E-state index is 0.129. The van der Waals surface area contributed by atoms with E-state index in [2.05, 4.69) is 21.2 Å². The topological polar surface area (TPSA) is 64.3 Å². The molecule has 0 saturated carbocycles. The molecule has 1 saturated heterocycles. The van der Waals surface area contributed by atoms with Crippen LogP contribution in [0.4, 0.5) is 11.4 Å². The van der Waals surface area contributed by atoms with Crippen LogP contribution < -0.4 is 11.1 Å². The Kier molecular flexibility index (Phi) is 3.92. The molecule has 2 rings (SSSR count). The molecule has 1 aromatic rings. The van der Waals surface area contributed by atoms with E-state index in [1.807, 2.05) is 26.0 Å². The molecule has 1 aliphatic rings. The summed E-state index contributed by atoms with van der Waals surface area (Å²) in [5.74, 6) is -0.129. The first kappa shape index (κ1) is 13.4. The average Bonchev–Trinajstić information content (AvgIpc) is 2.70. The van der Waals surface area contributed by atoms with Gasteiger partial charge in [0.2, 0.25) is 0 Å². The van der Waals surface area contributed by atoms with Gasteiger partial charge in [0.15, 0.2) is 0 Å². The summed E-state index contributed by atoms with van der Waals surface area (Å²) in [7, 11) is 0. The van der Waals surface area contributed by atoms with Gasteiger partial charge in [-0.25, -0.2) is 0 Å². The third-order valence-electron chi connectivity index (χ3n) is 3.04. The van der Waals surface area contributed by atoms with Gasteiger partial charge in [-0.05, 0) is 60.3 Å². The van der Waals surface area contributed by atoms with Gasteiger partial charge in [0, 0.05) is 4.47 Å². The molecule has 98 valence electrons. The van der Waals surface area contributed by atoms with Crippen molar-refractivity contribution in [2.75, 3.05) is 11.1 Å². The second kappa shape index (κ2) is 5.28. The highest BCUT2D eigenvalue weighted by molar-refractivity contribution is 9.10. The molecule has 0 spiro atoms. The summed E-state index contributed by atoms with van der Waals surface area (Å²) in [6, 6.07) is 3.75. The monoisotopic (exact) mass is 312 g/mol. The van der Waals surface area contributed by atoms with Crippen molar-refractivity contribution in [3.63, 3.8) is 0 Å². The van der Waals surface area contributed by atoms with E-state index in [4.69, 9.17) is 10.5 Å². The number of rotatable bonds is 2. The van der Waals surface area contributed by atoms with Gasteiger partial charge in [0.05, 0.1) is 17.5 Å². The number of halogens is 1. The van der Waals surface area contributed by atoms with E-state index in [-0.39, 0.29) is 18.1 Å². The zero-order valence-electron chi connectivity index (χ0n) is 10.5. The Balaban J connectivity index is 2.12. The van der Waals surface area contributed by atoms with E-state index in [0.717, 1.165) is 22.9 Å². The number of amides is 1. The quantitative estimate of drug-likeness (QED) is 0.825. The summed E-state index contributed by atoms with van der Waals surface area (Å²) in [6.45, 7) is 3.93. The molecule has 1 aromatic carbocycles. The van der Waals surface area contributed by atoms with Crippen LogP contribution in [0.15, 0.2) is 16.6 Å². The fourth-order valence-corrected chi connectivity index (χ4v) is 2.79. The summed E-state index contributed by atoms with van der Waals surface area (Å²) in [4.78, 5) is 12.0. The zero-order chi connectivity index (χ0) is 13.3. The second-order valence-electron chi connectivity index (χ2n) is 4.71. The first-order valence-electron chi connectivity index (χ1n) is 5.99. The van der Waals surface area contributed by atoms with Gasteiger partial charge in [0.1, 0.15) is 6.10 Å². The molecule has 2 unspecified atom stereocenters. The molecule has 5 heteroatoms. The Morgan fingerprint density at radius 1 is 1.50 bits per heavy atom. The third kappa shape index (κ3) is 2.84. The average molecular weight is 313 g/mol. The maximum Gasteiger partial charge on any atom is 0.253 e. The Morgan fingerprint density at radius 3 is 2.78 bits per heavy atom. The van der Waals surface area contributed by atoms with E-state index in [1.165, 1.54) is 0 Å². The molecule has 0 aromatic heterocycles.